The first-order chi connectivity index (χ1) is 11.1. The maximum atomic E-state index is 12.7. The minimum atomic E-state index is -0.217. The fourth-order valence-corrected chi connectivity index (χ4v) is 3.38. The van der Waals surface area contributed by atoms with Crippen molar-refractivity contribution in [2.45, 2.75) is 19.8 Å². The molecule has 1 aromatic heterocycles. The normalized spacial score (nSPS) is 18.2. The second-order valence-corrected chi connectivity index (χ2v) is 6.67. The SMILES string of the molecule is CCOC(=O)[C@H]1CCCN(C(=O)c2cc3cc(Br)ccc3[nH]2)C1. The number of hydrogen-bond acceptors (Lipinski definition) is 3. The Morgan fingerprint density at radius 3 is 3.00 bits per heavy atom. The molecule has 1 saturated heterocycles. The molecule has 2 aromatic rings. The summed E-state index contributed by atoms with van der Waals surface area (Å²) in [5.74, 6) is -0.483. The summed E-state index contributed by atoms with van der Waals surface area (Å²) in [6.45, 7) is 3.27. The van der Waals surface area contributed by atoms with Crippen LogP contribution in [0, 0.1) is 5.92 Å². The predicted molar refractivity (Wildman–Crippen MR) is 91.3 cm³/mol. The van der Waals surface area contributed by atoms with Crippen molar-refractivity contribution >= 4 is 38.7 Å². The van der Waals surface area contributed by atoms with Crippen molar-refractivity contribution in [3.05, 3.63) is 34.4 Å². The molecule has 23 heavy (non-hydrogen) atoms. The van der Waals surface area contributed by atoms with Gasteiger partial charge in [0.05, 0.1) is 12.5 Å². The molecular formula is C17H19BrN2O3. The first-order valence-corrected chi connectivity index (χ1v) is 8.62. The number of rotatable bonds is 3. The lowest BCUT2D eigenvalue weighted by Crippen LogP contribution is -2.42. The number of amides is 1. The maximum Gasteiger partial charge on any atom is 0.310 e. The molecule has 0 bridgehead atoms. The number of carbonyl (C=O) groups is 2. The molecule has 1 aromatic carbocycles. The highest BCUT2D eigenvalue weighted by molar-refractivity contribution is 9.10. The Labute approximate surface area is 143 Å². The van der Waals surface area contributed by atoms with Gasteiger partial charge in [0.25, 0.3) is 5.91 Å². The van der Waals surface area contributed by atoms with E-state index in [2.05, 4.69) is 20.9 Å². The van der Waals surface area contributed by atoms with E-state index in [9.17, 15) is 9.59 Å². The van der Waals surface area contributed by atoms with Gasteiger partial charge in [0, 0.05) is 28.5 Å². The summed E-state index contributed by atoms with van der Waals surface area (Å²) >= 11 is 3.43. The molecule has 1 N–H and O–H groups in total. The minimum Gasteiger partial charge on any atom is -0.466 e. The number of halogens is 1. The van der Waals surface area contributed by atoms with Gasteiger partial charge in [0.1, 0.15) is 5.69 Å². The third kappa shape index (κ3) is 3.42. The first-order valence-electron chi connectivity index (χ1n) is 7.82. The zero-order chi connectivity index (χ0) is 16.4. The topological polar surface area (TPSA) is 62.4 Å². The van der Waals surface area contributed by atoms with Gasteiger partial charge >= 0.3 is 5.97 Å². The quantitative estimate of drug-likeness (QED) is 0.832. The van der Waals surface area contributed by atoms with Crippen LogP contribution in [0.3, 0.4) is 0 Å². The average molecular weight is 379 g/mol. The average Bonchev–Trinajstić information content (AvgIpc) is 2.97. The zero-order valence-corrected chi connectivity index (χ0v) is 14.6. The van der Waals surface area contributed by atoms with Gasteiger partial charge in [-0.3, -0.25) is 9.59 Å². The van der Waals surface area contributed by atoms with Crippen LogP contribution in [0.25, 0.3) is 10.9 Å². The lowest BCUT2D eigenvalue weighted by atomic mass is 9.98. The number of nitrogens with one attached hydrogen (secondary N) is 1. The van der Waals surface area contributed by atoms with Crippen LogP contribution in [-0.2, 0) is 9.53 Å². The third-order valence-electron chi connectivity index (χ3n) is 4.14. The fraction of sp³-hybridized carbons (Fsp3) is 0.412. The highest BCUT2D eigenvalue weighted by atomic mass is 79.9. The van der Waals surface area contributed by atoms with E-state index >= 15 is 0 Å². The van der Waals surface area contributed by atoms with E-state index in [-0.39, 0.29) is 17.8 Å². The standard InChI is InChI=1S/C17H19BrN2O3/c1-2-23-17(22)11-4-3-7-20(10-11)16(21)15-9-12-8-13(18)5-6-14(12)19-15/h5-6,8-9,11,19H,2-4,7,10H2,1H3/t11-/m0/s1. The summed E-state index contributed by atoms with van der Waals surface area (Å²) in [5, 5.41) is 0.988. The Bertz CT molecular complexity index is 741. The van der Waals surface area contributed by atoms with Crippen molar-refractivity contribution in [2.75, 3.05) is 19.7 Å². The number of H-pyrrole nitrogens is 1. The highest BCUT2D eigenvalue weighted by Crippen LogP contribution is 2.23. The summed E-state index contributed by atoms with van der Waals surface area (Å²) in [5.41, 5.74) is 1.48. The van der Waals surface area contributed by atoms with E-state index in [1.165, 1.54) is 0 Å². The van der Waals surface area contributed by atoms with Gasteiger partial charge in [-0.2, -0.15) is 0 Å². The summed E-state index contributed by atoms with van der Waals surface area (Å²) in [6, 6.07) is 7.70. The van der Waals surface area contributed by atoms with E-state index < -0.39 is 0 Å². The Kier molecular flexibility index (Phi) is 4.71. The van der Waals surface area contributed by atoms with Crippen molar-refractivity contribution in [1.29, 1.82) is 0 Å². The molecule has 3 rings (SSSR count). The molecule has 6 heteroatoms. The van der Waals surface area contributed by atoms with Gasteiger partial charge < -0.3 is 14.6 Å². The van der Waals surface area contributed by atoms with Crippen LogP contribution in [0.5, 0.6) is 0 Å². The third-order valence-corrected chi connectivity index (χ3v) is 4.63. The Morgan fingerprint density at radius 2 is 2.22 bits per heavy atom. The first kappa shape index (κ1) is 16.1. The number of aromatic amines is 1. The Balaban J connectivity index is 1.77. The van der Waals surface area contributed by atoms with Gasteiger partial charge in [0.15, 0.2) is 0 Å². The van der Waals surface area contributed by atoms with Gasteiger partial charge in [-0.25, -0.2) is 0 Å². The predicted octanol–water partition coefficient (Wildman–Crippen LogP) is 3.35. The molecule has 0 unspecified atom stereocenters. The molecule has 0 saturated carbocycles. The number of esters is 1. The number of likely N-dealkylation sites (tertiary alicyclic amines) is 1. The maximum absolute atomic E-state index is 12.7. The van der Waals surface area contributed by atoms with Crippen LogP contribution in [0.1, 0.15) is 30.3 Å². The van der Waals surface area contributed by atoms with Crippen molar-refractivity contribution in [3.8, 4) is 0 Å². The van der Waals surface area contributed by atoms with Crippen LogP contribution in [0.15, 0.2) is 28.7 Å². The van der Waals surface area contributed by atoms with Crippen LogP contribution in [-0.4, -0.2) is 41.5 Å². The molecule has 0 spiro atoms. The number of piperidine rings is 1. The van der Waals surface area contributed by atoms with Crippen molar-refractivity contribution < 1.29 is 14.3 Å². The number of carbonyl (C=O) groups excluding carboxylic acids is 2. The van der Waals surface area contributed by atoms with Gasteiger partial charge in [-0.1, -0.05) is 15.9 Å². The molecule has 2 heterocycles. The van der Waals surface area contributed by atoms with E-state index in [1.807, 2.05) is 24.3 Å². The van der Waals surface area contributed by atoms with Crippen LogP contribution >= 0.6 is 15.9 Å². The molecule has 1 aliphatic heterocycles. The van der Waals surface area contributed by atoms with Gasteiger partial charge in [-0.05, 0) is 44.0 Å². The van der Waals surface area contributed by atoms with Gasteiger partial charge in [-0.15, -0.1) is 0 Å². The molecular weight excluding hydrogens is 360 g/mol. The summed E-state index contributed by atoms with van der Waals surface area (Å²) in [4.78, 5) is 29.5. The molecule has 0 aliphatic carbocycles. The molecule has 1 amide bonds. The van der Waals surface area contributed by atoms with E-state index in [4.69, 9.17) is 4.74 Å². The zero-order valence-electron chi connectivity index (χ0n) is 13.0. The van der Waals surface area contributed by atoms with Crippen molar-refractivity contribution in [1.82, 2.24) is 9.88 Å². The largest absolute Gasteiger partial charge is 0.466 e. The lowest BCUT2D eigenvalue weighted by molar-refractivity contribution is -0.149. The number of ether oxygens (including phenoxy) is 1. The number of aromatic nitrogens is 1. The van der Waals surface area contributed by atoms with Crippen molar-refractivity contribution in [3.63, 3.8) is 0 Å². The van der Waals surface area contributed by atoms with Crippen LogP contribution < -0.4 is 0 Å². The highest BCUT2D eigenvalue weighted by Gasteiger charge is 2.30. The summed E-state index contributed by atoms with van der Waals surface area (Å²) < 4.78 is 6.06. The smallest absolute Gasteiger partial charge is 0.310 e. The second-order valence-electron chi connectivity index (χ2n) is 5.76. The molecule has 1 aliphatic rings. The van der Waals surface area contributed by atoms with Crippen LogP contribution in [0.2, 0.25) is 0 Å². The fourth-order valence-electron chi connectivity index (χ4n) is 3.00. The van der Waals surface area contributed by atoms with Crippen molar-refractivity contribution in [2.24, 2.45) is 5.92 Å². The van der Waals surface area contributed by atoms with E-state index in [0.717, 1.165) is 28.2 Å². The number of benzene rings is 1. The Morgan fingerprint density at radius 1 is 1.39 bits per heavy atom. The summed E-state index contributed by atoms with van der Waals surface area (Å²) in [7, 11) is 0. The Hall–Kier alpha value is -1.82. The molecule has 5 nitrogen and oxygen atoms in total. The van der Waals surface area contributed by atoms with E-state index in [0.29, 0.717) is 25.4 Å². The van der Waals surface area contributed by atoms with Gasteiger partial charge in [0.2, 0.25) is 0 Å². The number of fused-ring (bicyclic) bond motifs is 1. The number of nitrogens with zero attached hydrogens (tertiary/aromatic N) is 1. The lowest BCUT2D eigenvalue weighted by Gasteiger charge is -2.31. The minimum absolute atomic E-state index is 0.0636. The van der Waals surface area contributed by atoms with E-state index in [1.54, 1.807) is 11.8 Å². The number of hydrogen-bond donors (Lipinski definition) is 1. The van der Waals surface area contributed by atoms with Crippen LogP contribution in [0.4, 0.5) is 0 Å². The molecule has 1 atom stereocenters. The second kappa shape index (κ2) is 6.74. The monoisotopic (exact) mass is 378 g/mol. The molecule has 122 valence electrons. The molecule has 0 radical (unpaired) electrons. The molecule has 1 fully saturated rings. The summed E-state index contributed by atoms with van der Waals surface area (Å²) in [6.07, 6.45) is 1.60.